The molecule has 1 aliphatic heterocycles. The summed E-state index contributed by atoms with van der Waals surface area (Å²) >= 11 is 0. The number of nitrogens with two attached hydrogens (primary N) is 1. The predicted octanol–water partition coefficient (Wildman–Crippen LogP) is 3.49. The van der Waals surface area contributed by atoms with E-state index in [1.165, 1.54) is 4.90 Å². The van der Waals surface area contributed by atoms with Gasteiger partial charge in [0.05, 0.1) is 13.0 Å². The van der Waals surface area contributed by atoms with Crippen molar-refractivity contribution in [3.05, 3.63) is 90.0 Å². The number of rotatable bonds is 8. The van der Waals surface area contributed by atoms with Crippen molar-refractivity contribution >= 4 is 23.4 Å². The first-order valence-corrected chi connectivity index (χ1v) is 12.3. The third-order valence-corrected chi connectivity index (χ3v) is 6.32. The Morgan fingerprint density at radius 3 is 2.36 bits per heavy atom. The lowest BCUT2D eigenvalue weighted by Crippen LogP contribution is -2.49. The highest BCUT2D eigenvalue weighted by Crippen LogP contribution is 2.20. The molecule has 36 heavy (non-hydrogen) atoms. The van der Waals surface area contributed by atoms with Crippen LogP contribution in [0, 0.1) is 0 Å². The standard InChI is InChI=1S/C29H32N4O3/c30-19-22-7-6-10-25(17-22)31-28(35)20-33-16-5-4-11-26(29(33)36)32-27(34)18-21-12-14-24(15-13-21)23-8-2-1-3-9-23/h1-3,6-10,12-15,17,26H,4-5,11,16,18-20,30H2,(H,31,35)(H,32,34). The predicted molar refractivity (Wildman–Crippen MR) is 141 cm³/mol. The smallest absolute Gasteiger partial charge is 0.245 e. The highest BCUT2D eigenvalue weighted by molar-refractivity contribution is 5.96. The van der Waals surface area contributed by atoms with E-state index in [1.807, 2.05) is 72.8 Å². The first-order valence-electron chi connectivity index (χ1n) is 12.3. The minimum absolute atomic E-state index is 0.0565. The number of hydrogen-bond donors (Lipinski definition) is 3. The maximum atomic E-state index is 13.1. The van der Waals surface area contributed by atoms with Crippen LogP contribution in [0.15, 0.2) is 78.9 Å². The van der Waals surface area contributed by atoms with E-state index < -0.39 is 6.04 Å². The zero-order valence-electron chi connectivity index (χ0n) is 20.3. The summed E-state index contributed by atoms with van der Waals surface area (Å²) in [4.78, 5) is 40.0. The van der Waals surface area contributed by atoms with Gasteiger partial charge < -0.3 is 21.3 Å². The minimum atomic E-state index is -0.628. The molecule has 1 fully saturated rings. The molecule has 0 bridgehead atoms. The quantitative estimate of drug-likeness (QED) is 0.455. The van der Waals surface area contributed by atoms with Crippen molar-refractivity contribution in [2.75, 3.05) is 18.4 Å². The van der Waals surface area contributed by atoms with Crippen molar-refractivity contribution in [3.8, 4) is 11.1 Å². The van der Waals surface area contributed by atoms with E-state index in [-0.39, 0.29) is 30.7 Å². The van der Waals surface area contributed by atoms with Crippen LogP contribution in [-0.4, -0.2) is 41.8 Å². The summed E-state index contributed by atoms with van der Waals surface area (Å²) < 4.78 is 0. The third kappa shape index (κ3) is 6.79. The Bertz CT molecular complexity index is 1190. The molecular formula is C29H32N4O3. The van der Waals surface area contributed by atoms with E-state index in [0.29, 0.717) is 25.2 Å². The average molecular weight is 485 g/mol. The summed E-state index contributed by atoms with van der Waals surface area (Å²) in [6.07, 6.45) is 2.35. The van der Waals surface area contributed by atoms with E-state index in [9.17, 15) is 14.4 Å². The molecule has 0 saturated carbocycles. The van der Waals surface area contributed by atoms with Crippen molar-refractivity contribution in [2.45, 2.75) is 38.3 Å². The van der Waals surface area contributed by atoms with E-state index >= 15 is 0 Å². The zero-order valence-corrected chi connectivity index (χ0v) is 20.3. The normalized spacial score (nSPS) is 15.8. The van der Waals surface area contributed by atoms with Gasteiger partial charge in [-0.2, -0.15) is 0 Å². The number of nitrogens with zero attached hydrogens (tertiary/aromatic N) is 1. The van der Waals surface area contributed by atoms with Gasteiger partial charge in [-0.25, -0.2) is 0 Å². The highest BCUT2D eigenvalue weighted by Gasteiger charge is 2.29. The lowest BCUT2D eigenvalue weighted by Gasteiger charge is -2.24. The molecular weight excluding hydrogens is 452 g/mol. The topological polar surface area (TPSA) is 105 Å². The second-order valence-electron chi connectivity index (χ2n) is 9.07. The molecule has 3 aromatic carbocycles. The van der Waals surface area contributed by atoms with Crippen molar-refractivity contribution < 1.29 is 14.4 Å². The number of likely N-dealkylation sites (tertiary alicyclic amines) is 1. The Morgan fingerprint density at radius 1 is 0.861 bits per heavy atom. The number of amides is 3. The largest absolute Gasteiger partial charge is 0.344 e. The fraction of sp³-hybridized carbons (Fsp3) is 0.276. The van der Waals surface area contributed by atoms with Gasteiger partial charge in [-0.15, -0.1) is 0 Å². The molecule has 7 nitrogen and oxygen atoms in total. The monoisotopic (exact) mass is 484 g/mol. The summed E-state index contributed by atoms with van der Waals surface area (Å²) in [5.74, 6) is -0.695. The van der Waals surface area contributed by atoms with Gasteiger partial charge >= 0.3 is 0 Å². The van der Waals surface area contributed by atoms with Crippen molar-refractivity contribution in [1.29, 1.82) is 0 Å². The summed E-state index contributed by atoms with van der Waals surface area (Å²) in [5.41, 5.74) is 10.3. The number of hydrogen-bond acceptors (Lipinski definition) is 4. The second kappa shape index (κ2) is 12.1. The van der Waals surface area contributed by atoms with Gasteiger partial charge in [0.1, 0.15) is 6.04 Å². The summed E-state index contributed by atoms with van der Waals surface area (Å²) in [5, 5.41) is 5.73. The molecule has 7 heteroatoms. The number of carbonyl (C=O) groups excluding carboxylic acids is 3. The van der Waals surface area contributed by atoms with Crippen LogP contribution in [0.4, 0.5) is 5.69 Å². The number of anilines is 1. The summed E-state index contributed by atoms with van der Waals surface area (Å²) in [7, 11) is 0. The van der Waals surface area contributed by atoms with Gasteiger partial charge in [-0.3, -0.25) is 14.4 Å². The Balaban J connectivity index is 1.32. The van der Waals surface area contributed by atoms with Crippen LogP contribution in [-0.2, 0) is 27.3 Å². The Labute approximate surface area is 211 Å². The fourth-order valence-electron chi connectivity index (χ4n) is 4.42. The van der Waals surface area contributed by atoms with Crippen LogP contribution in [0.1, 0.15) is 30.4 Å². The molecule has 0 radical (unpaired) electrons. The van der Waals surface area contributed by atoms with E-state index in [2.05, 4.69) is 10.6 Å². The van der Waals surface area contributed by atoms with E-state index in [0.717, 1.165) is 35.1 Å². The fourth-order valence-corrected chi connectivity index (χ4v) is 4.42. The number of benzene rings is 3. The van der Waals surface area contributed by atoms with Crippen molar-refractivity contribution in [1.82, 2.24) is 10.2 Å². The number of nitrogens with one attached hydrogen (secondary N) is 2. The summed E-state index contributed by atoms with van der Waals surface area (Å²) in [6.45, 7) is 0.814. The molecule has 1 aliphatic rings. The highest BCUT2D eigenvalue weighted by atomic mass is 16.2. The molecule has 0 spiro atoms. The minimum Gasteiger partial charge on any atom is -0.344 e. The van der Waals surface area contributed by atoms with Crippen LogP contribution in [0.2, 0.25) is 0 Å². The lowest BCUT2D eigenvalue weighted by molar-refractivity contribution is -0.138. The van der Waals surface area contributed by atoms with Gasteiger partial charge in [0.15, 0.2) is 0 Å². The second-order valence-corrected chi connectivity index (χ2v) is 9.07. The van der Waals surface area contributed by atoms with Crippen LogP contribution in [0.5, 0.6) is 0 Å². The zero-order chi connectivity index (χ0) is 25.3. The van der Waals surface area contributed by atoms with Gasteiger partial charge in [0.2, 0.25) is 17.7 Å². The van der Waals surface area contributed by atoms with Crippen LogP contribution >= 0.6 is 0 Å². The average Bonchev–Trinajstić information content (AvgIpc) is 3.06. The SMILES string of the molecule is NCc1cccc(NC(=O)CN2CCCCC(NC(=O)Cc3ccc(-c4ccccc4)cc3)C2=O)c1. The molecule has 4 rings (SSSR count). The van der Waals surface area contributed by atoms with Crippen molar-refractivity contribution in [2.24, 2.45) is 5.73 Å². The molecule has 186 valence electrons. The molecule has 1 atom stereocenters. The number of carbonyl (C=O) groups is 3. The molecule has 1 heterocycles. The van der Waals surface area contributed by atoms with Crippen LogP contribution in [0.3, 0.4) is 0 Å². The summed E-state index contributed by atoms with van der Waals surface area (Å²) in [6, 6.07) is 24.6. The molecule has 4 N–H and O–H groups in total. The molecule has 0 aliphatic carbocycles. The third-order valence-electron chi connectivity index (χ3n) is 6.32. The molecule has 3 aromatic rings. The Morgan fingerprint density at radius 2 is 1.61 bits per heavy atom. The van der Waals surface area contributed by atoms with E-state index in [4.69, 9.17) is 5.73 Å². The van der Waals surface area contributed by atoms with Gasteiger partial charge in [0, 0.05) is 18.8 Å². The van der Waals surface area contributed by atoms with Crippen LogP contribution < -0.4 is 16.4 Å². The Hall–Kier alpha value is -3.97. The van der Waals surface area contributed by atoms with Gasteiger partial charge in [-0.1, -0.05) is 66.7 Å². The lowest BCUT2D eigenvalue weighted by atomic mass is 10.0. The molecule has 0 aromatic heterocycles. The maximum absolute atomic E-state index is 13.1. The maximum Gasteiger partial charge on any atom is 0.245 e. The molecule has 3 amide bonds. The Kier molecular flexibility index (Phi) is 8.47. The molecule has 1 saturated heterocycles. The van der Waals surface area contributed by atoms with Gasteiger partial charge in [0.25, 0.3) is 0 Å². The van der Waals surface area contributed by atoms with Gasteiger partial charge in [-0.05, 0) is 53.6 Å². The first kappa shape index (κ1) is 25.1. The van der Waals surface area contributed by atoms with Crippen molar-refractivity contribution in [3.63, 3.8) is 0 Å². The van der Waals surface area contributed by atoms with Crippen LogP contribution in [0.25, 0.3) is 11.1 Å². The molecule has 1 unspecified atom stereocenters. The van der Waals surface area contributed by atoms with E-state index in [1.54, 1.807) is 6.07 Å². The first-order chi connectivity index (χ1) is 17.5.